The number of hydrogen-bond donors (Lipinski definition) is 0. The summed E-state index contributed by atoms with van der Waals surface area (Å²) in [6.45, 7) is 0. The van der Waals surface area contributed by atoms with Gasteiger partial charge in [0.25, 0.3) is 0 Å². The van der Waals surface area contributed by atoms with Crippen LogP contribution in [0, 0.1) is 0 Å². The summed E-state index contributed by atoms with van der Waals surface area (Å²) in [5.41, 5.74) is 0. The van der Waals surface area contributed by atoms with Crippen molar-refractivity contribution >= 4 is 23.2 Å². The SMILES string of the molecule is C1=CC[C]([Zr][C]2=CC=CC2)=C1.ClCCCCl. The third-order valence-electron chi connectivity index (χ3n) is 2.13. The molecule has 0 aromatic heterocycles. The Balaban J connectivity index is 0.000000221. The molecule has 0 unspecified atom stereocenters. The maximum atomic E-state index is 5.22. The maximum absolute atomic E-state index is 5.22. The minimum absolute atomic E-state index is 0.312. The molecule has 0 spiro atoms. The van der Waals surface area contributed by atoms with Gasteiger partial charge in [-0.3, -0.25) is 0 Å². The standard InChI is InChI=1S/2C5H5.C3H6Cl2.Zr/c2*1-2-4-5-3-1;4-2-1-3-5;/h2*1-3H,4H2;1-3H2;. The van der Waals surface area contributed by atoms with Crippen molar-refractivity contribution in [3.63, 3.8) is 0 Å². The Morgan fingerprint density at radius 3 is 1.69 bits per heavy atom. The normalized spacial score (nSPS) is 16.6. The first kappa shape index (κ1) is 14.5. The fourth-order valence-corrected chi connectivity index (χ4v) is 4.72. The van der Waals surface area contributed by atoms with Crippen molar-refractivity contribution in [1.29, 1.82) is 0 Å². The first-order chi connectivity index (χ1) is 7.86. The van der Waals surface area contributed by atoms with Gasteiger partial charge in [-0.05, 0) is 6.42 Å². The Labute approximate surface area is 120 Å². The molecular formula is C13H16Cl2Zr. The maximum Gasteiger partial charge on any atom is 0.0234 e. The van der Waals surface area contributed by atoms with Crippen molar-refractivity contribution in [3.05, 3.63) is 43.0 Å². The summed E-state index contributed by atoms with van der Waals surface area (Å²) in [5.74, 6) is 1.37. The van der Waals surface area contributed by atoms with Crippen molar-refractivity contribution in [2.24, 2.45) is 0 Å². The molecular weight excluding hydrogens is 318 g/mol. The molecule has 0 radical (unpaired) electrons. The molecule has 0 aliphatic heterocycles. The van der Waals surface area contributed by atoms with E-state index in [9.17, 15) is 0 Å². The average Bonchev–Trinajstić information content (AvgIpc) is 2.94. The van der Waals surface area contributed by atoms with Gasteiger partial charge in [-0.25, -0.2) is 0 Å². The van der Waals surface area contributed by atoms with Gasteiger partial charge in [-0.2, -0.15) is 0 Å². The Morgan fingerprint density at radius 1 is 0.938 bits per heavy atom. The van der Waals surface area contributed by atoms with E-state index < -0.39 is 0 Å². The van der Waals surface area contributed by atoms with Gasteiger partial charge >= 0.3 is 79.1 Å². The summed E-state index contributed by atoms with van der Waals surface area (Å²) in [5, 5.41) is 0. The van der Waals surface area contributed by atoms with E-state index >= 15 is 0 Å². The van der Waals surface area contributed by atoms with E-state index in [0.717, 1.165) is 6.42 Å². The molecule has 0 bridgehead atoms. The largest absolute Gasteiger partial charge is 0.127 e. The number of hydrogen-bond acceptors (Lipinski definition) is 0. The third kappa shape index (κ3) is 6.23. The predicted molar refractivity (Wildman–Crippen MR) is 69.7 cm³/mol. The molecule has 2 rings (SSSR count). The first-order valence-corrected chi connectivity index (χ1v) is 9.00. The summed E-state index contributed by atoms with van der Waals surface area (Å²) < 4.78 is 3.45. The van der Waals surface area contributed by atoms with Gasteiger partial charge in [0, 0.05) is 11.8 Å². The van der Waals surface area contributed by atoms with Gasteiger partial charge in [0.1, 0.15) is 0 Å². The van der Waals surface area contributed by atoms with Gasteiger partial charge in [-0.15, -0.1) is 23.2 Å². The molecule has 3 heteroatoms. The van der Waals surface area contributed by atoms with Crippen LogP contribution in [0.4, 0.5) is 0 Å². The summed E-state index contributed by atoms with van der Waals surface area (Å²) in [7, 11) is 0. The van der Waals surface area contributed by atoms with E-state index in [2.05, 4.69) is 36.5 Å². The van der Waals surface area contributed by atoms with Gasteiger partial charge in [0.2, 0.25) is 0 Å². The monoisotopic (exact) mass is 332 g/mol. The molecule has 0 aromatic rings. The minimum atomic E-state index is -0.312. The van der Waals surface area contributed by atoms with Crippen LogP contribution in [0.5, 0.6) is 0 Å². The van der Waals surface area contributed by atoms with E-state index in [0.29, 0.717) is 11.8 Å². The molecule has 0 amide bonds. The summed E-state index contributed by atoms with van der Waals surface area (Å²) in [6.07, 6.45) is 16.9. The topological polar surface area (TPSA) is 0 Å². The second-order valence-corrected chi connectivity index (χ2v) is 8.03. The van der Waals surface area contributed by atoms with Crippen LogP contribution in [-0.4, -0.2) is 11.8 Å². The van der Waals surface area contributed by atoms with E-state index in [-0.39, 0.29) is 23.2 Å². The van der Waals surface area contributed by atoms with Crippen LogP contribution in [-0.2, 0) is 23.2 Å². The Hall–Kier alpha value is 0.423. The van der Waals surface area contributed by atoms with Crippen molar-refractivity contribution in [2.75, 3.05) is 11.8 Å². The fourth-order valence-electron chi connectivity index (χ4n) is 1.34. The van der Waals surface area contributed by atoms with E-state index in [1.54, 1.807) is 6.56 Å². The number of halogens is 2. The van der Waals surface area contributed by atoms with Crippen molar-refractivity contribution in [1.82, 2.24) is 0 Å². The second kappa shape index (κ2) is 9.45. The van der Waals surface area contributed by atoms with Crippen molar-refractivity contribution < 1.29 is 23.2 Å². The molecule has 0 aromatic carbocycles. The van der Waals surface area contributed by atoms with Gasteiger partial charge in [0.05, 0.1) is 0 Å². The number of allylic oxidation sites excluding steroid dienone is 8. The van der Waals surface area contributed by atoms with E-state index in [4.69, 9.17) is 23.2 Å². The Bertz CT molecular complexity index is 284. The molecule has 0 heterocycles. The molecule has 0 nitrogen and oxygen atoms in total. The molecule has 0 fully saturated rings. The van der Waals surface area contributed by atoms with Crippen molar-refractivity contribution in [3.8, 4) is 0 Å². The zero-order chi connectivity index (χ0) is 11.6. The van der Waals surface area contributed by atoms with E-state index in [1.807, 2.05) is 0 Å². The van der Waals surface area contributed by atoms with Crippen LogP contribution in [0.1, 0.15) is 19.3 Å². The van der Waals surface area contributed by atoms with Crippen LogP contribution < -0.4 is 0 Å². The van der Waals surface area contributed by atoms with E-state index in [1.165, 1.54) is 12.8 Å². The first-order valence-electron chi connectivity index (χ1n) is 5.47. The summed E-state index contributed by atoms with van der Waals surface area (Å²) in [6, 6.07) is 0. The van der Waals surface area contributed by atoms with Crippen LogP contribution in [0.2, 0.25) is 0 Å². The second-order valence-electron chi connectivity index (χ2n) is 3.50. The van der Waals surface area contributed by atoms with Crippen LogP contribution >= 0.6 is 23.2 Å². The molecule has 2 aliphatic carbocycles. The number of alkyl halides is 2. The zero-order valence-corrected chi connectivity index (χ0v) is 13.2. The molecule has 16 heavy (non-hydrogen) atoms. The van der Waals surface area contributed by atoms with Gasteiger partial charge in [-0.1, -0.05) is 0 Å². The number of rotatable bonds is 4. The van der Waals surface area contributed by atoms with Crippen LogP contribution in [0.25, 0.3) is 0 Å². The Kier molecular flexibility index (Phi) is 8.56. The minimum Gasteiger partial charge on any atom is -0.127 e. The predicted octanol–water partition coefficient (Wildman–Crippen LogP) is 4.61. The molecule has 0 saturated carbocycles. The van der Waals surface area contributed by atoms with Crippen molar-refractivity contribution in [2.45, 2.75) is 19.3 Å². The smallest absolute Gasteiger partial charge is 0.0234 e. The summed E-state index contributed by atoms with van der Waals surface area (Å²) in [4.78, 5) is 0. The van der Waals surface area contributed by atoms with Crippen LogP contribution in [0.15, 0.2) is 43.0 Å². The summed E-state index contributed by atoms with van der Waals surface area (Å²) >= 11 is 10.1. The molecule has 86 valence electrons. The van der Waals surface area contributed by atoms with Crippen LogP contribution in [0.3, 0.4) is 0 Å². The molecule has 0 atom stereocenters. The average molecular weight is 334 g/mol. The molecule has 0 N–H and O–H groups in total. The third-order valence-corrected chi connectivity index (χ3v) is 6.07. The van der Waals surface area contributed by atoms with Gasteiger partial charge in [0.15, 0.2) is 0 Å². The molecule has 2 aliphatic rings. The fraction of sp³-hybridized carbons (Fsp3) is 0.385. The quantitative estimate of drug-likeness (QED) is 0.659. The molecule has 0 saturated heterocycles. The Morgan fingerprint density at radius 2 is 1.44 bits per heavy atom. The van der Waals surface area contributed by atoms with Gasteiger partial charge < -0.3 is 0 Å². The zero-order valence-electron chi connectivity index (χ0n) is 9.26.